The van der Waals surface area contributed by atoms with E-state index in [1.807, 2.05) is 35.7 Å². The summed E-state index contributed by atoms with van der Waals surface area (Å²) in [6.07, 6.45) is 0.122. The van der Waals surface area contributed by atoms with Gasteiger partial charge in [-0.2, -0.15) is 0 Å². The number of carbonyl (C=O) groups is 1. The van der Waals surface area contributed by atoms with E-state index in [0.29, 0.717) is 18.0 Å². The van der Waals surface area contributed by atoms with Crippen molar-refractivity contribution in [1.82, 2.24) is 4.98 Å². The molecule has 1 N–H and O–H groups in total. The normalized spacial score (nSPS) is 10.5. The molecule has 0 aliphatic carbocycles. The number of aromatic nitrogens is 1. The van der Waals surface area contributed by atoms with Crippen LogP contribution >= 0.6 is 22.9 Å². The van der Waals surface area contributed by atoms with Crippen LogP contribution in [0.1, 0.15) is 10.7 Å². The van der Waals surface area contributed by atoms with Gasteiger partial charge in [0, 0.05) is 11.1 Å². The molecule has 2 aromatic carbocycles. The van der Waals surface area contributed by atoms with Crippen molar-refractivity contribution in [3.8, 4) is 5.75 Å². The monoisotopic (exact) mass is 376 g/mol. The third-order valence-electron chi connectivity index (χ3n) is 3.25. The second kappa shape index (κ2) is 8.09. The van der Waals surface area contributed by atoms with E-state index in [1.54, 1.807) is 0 Å². The Hall–Kier alpha value is -2.44. The zero-order valence-electron chi connectivity index (χ0n) is 13.0. The van der Waals surface area contributed by atoms with Gasteiger partial charge in [0.05, 0.1) is 17.1 Å². The van der Waals surface area contributed by atoms with Gasteiger partial charge in [-0.05, 0) is 30.3 Å². The number of thiazole rings is 1. The Morgan fingerprint density at radius 2 is 2.04 bits per heavy atom. The maximum absolute atomic E-state index is 13.1. The Morgan fingerprint density at radius 1 is 1.24 bits per heavy atom. The Morgan fingerprint density at radius 3 is 2.80 bits per heavy atom. The van der Waals surface area contributed by atoms with E-state index in [1.165, 1.54) is 29.5 Å². The summed E-state index contributed by atoms with van der Waals surface area (Å²) in [5.41, 5.74) is 1.10. The minimum atomic E-state index is -0.526. The zero-order valence-corrected chi connectivity index (χ0v) is 14.6. The highest BCUT2D eigenvalue weighted by Crippen LogP contribution is 2.20. The van der Waals surface area contributed by atoms with E-state index in [0.717, 1.165) is 10.8 Å². The second-order valence-corrected chi connectivity index (χ2v) is 6.54. The molecule has 4 nitrogen and oxygen atoms in total. The second-order valence-electron chi connectivity index (χ2n) is 5.19. The summed E-state index contributed by atoms with van der Waals surface area (Å²) in [5.74, 6) is -0.00379. The Bertz CT molecular complexity index is 871. The van der Waals surface area contributed by atoms with Crippen molar-refractivity contribution < 1.29 is 13.9 Å². The molecule has 25 heavy (non-hydrogen) atoms. The van der Waals surface area contributed by atoms with Gasteiger partial charge < -0.3 is 10.1 Å². The molecule has 0 atom stereocenters. The molecule has 1 aromatic heterocycles. The number of rotatable bonds is 6. The third kappa shape index (κ3) is 5.01. The van der Waals surface area contributed by atoms with E-state index in [4.69, 9.17) is 16.3 Å². The number of nitrogens with zero attached hydrogens (tertiary/aromatic N) is 1. The average Bonchev–Trinajstić information content (AvgIpc) is 3.04. The van der Waals surface area contributed by atoms with Crippen LogP contribution in [0.2, 0.25) is 5.02 Å². The standard InChI is InChI=1S/C18H14ClFN2O2S/c19-15-8-12(6-7-16(15)20)21-17(23)9-13-11-25-18(22-13)10-24-14-4-2-1-3-5-14/h1-8,11H,9-10H2,(H,21,23). The maximum atomic E-state index is 13.1. The molecular weight excluding hydrogens is 363 g/mol. The fraction of sp³-hybridized carbons (Fsp3) is 0.111. The molecule has 0 aliphatic rings. The fourth-order valence-electron chi connectivity index (χ4n) is 2.10. The molecule has 0 saturated heterocycles. The highest BCUT2D eigenvalue weighted by atomic mass is 35.5. The maximum Gasteiger partial charge on any atom is 0.230 e. The van der Waals surface area contributed by atoms with Crippen LogP contribution in [0.3, 0.4) is 0 Å². The van der Waals surface area contributed by atoms with Crippen molar-refractivity contribution in [1.29, 1.82) is 0 Å². The van der Waals surface area contributed by atoms with Crippen LogP contribution in [0.5, 0.6) is 5.75 Å². The molecule has 1 heterocycles. The lowest BCUT2D eigenvalue weighted by Gasteiger charge is -2.05. The van der Waals surface area contributed by atoms with Gasteiger partial charge in [0.1, 0.15) is 23.2 Å². The quantitative estimate of drug-likeness (QED) is 0.678. The molecule has 3 rings (SSSR count). The van der Waals surface area contributed by atoms with Crippen molar-refractivity contribution in [2.75, 3.05) is 5.32 Å². The topological polar surface area (TPSA) is 51.2 Å². The van der Waals surface area contributed by atoms with Gasteiger partial charge >= 0.3 is 0 Å². The molecule has 0 unspecified atom stereocenters. The zero-order chi connectivity index (χ0) is 17.6. The van der Waals surface area contributed by atoms with Crippen molar-refractivity contribution >= 4 is 34.5 Å². The molecule has 1 amide bonds. The smallest absolute Gasteiger partial charge is 0.230 e. The summed E-state index contributed by atoms with van der Waals surface area (Å²) in [6.45, 7) is 0.351. The number of amides is 1. The Labute approximate surface area is 153 Å². The first-order chi connectivity index (χ1) is 12.1. The molecule has 7 heteroatoms. The number of carbonyl (C=O) groups excluding carboxylic acids is 1. The van der Waals surface area contributed by atoms with Gasteiger partial charge in [-0.3, -0.25) is 4.79 Å². The number of nitrogens with one attached hydrogen (secondary N) is 1. The van der Waals surface area contributed by atoms with Crippen molar-refractivity contribution in [3.63, 3.8) is 0 Å². The van der Waals surface area contributed by atoms with Crippen LogP contribution in [-0.4, -0.2) is 10.9 Å². The van der Waals surface area contributed by atoms with E-state index in [2.05, 4.69) is 10.3 Å². The van der Waals surface area contributed by atoms with Crippen LogP contribution in [-0.2, 0) is 17.8 Å². The molecule has 3 aromatic rings. The van der Waals surface area contributed by atoms with Crippen molar-refractivity contribution in [2.45, 2.75) is 13.0 Å². The van der Waals surface area contributed by atoms with Crippen molar-refractivity contribution in [2.24, 2.45) is 0 Å². The van der Waals surface area contributed by atoms with Crippen LogP contribution in [0.4, 0.5) is 10.1 Å². The highest BCUT2D eigenvalue weighted by molar-refractivity contribution is 7.09. The third-order valence-corrected chi connectivity index (χ3v) is 4.41. The average molecular weight is 377 g/mol. The summed E-state index contributed by atoms with van der Waals surface area (Å²) >= 11 is 7.13. The summed E-state index contributed by atoms with van der Waals surface area (Å²) in [5, 5.41) is 5.24. The summed E-state index contributed by atoms with van der Waals surface area (Å²) < 4.78 is 18.7. The highest BCUT2D eigenvalue weighted by Gasteiger charge is 2.10. The number of anilines is 1. The van der Waals surface area contributed by atoms with Gasteiger partial charge in [0.15, 0.2) is 0 Å². The van der Waals surface area contributed by atoms with Crippen LogP contribution < -0.4 is 10.1 Å². The van der Waals surface area contributed by atoms with Crippen LogP contribution in [0, 0.1) is 5.82 Å². The first kappa shape index (κ1) is 17.4. The minimum absolute atomic E-state index is 0.0354. The number of hydrogen-bond acceptors (Lipinski definition) is 4. The SMILES string of the molecule is O=C(Cc1csc(COc2ccccc2)n1)Nc1ccc(F)c(Cl)c1. The number of hydrogen-bond donors (Lipinski definition) is 1. The van der Waals surface area contributed by atoms with Gasteiger partial charge in [0.2, 0.25) is 5.91 Å². The molecule has 128 valence electrons. The van der Waals surface area contributed by atoms with E-state index < -0.39 is 5.82 Å². The fourth-order valence-corrected chi connectivity index (χ4v) is 2.99. The predicted octanol–water partition coefficient (Wildman–Crippen LogP) is 4.70. The molecule has 0 spiro atoms. The van der Waals surface area contributed by atoms with Gasteiger partial charge in [0.25, 0.3) is 0 Å². The lowest BCUT2D eigenvalue weighted by atomic mass is 10.2. The van der Waals surface area contributed by atoms with E-state index in [9.17, 15) is 9.18 Å². The van der Waals surface area contributed by atoms with E-state index in [-0.39, 0.29) is 17.4 Å². The molecular formula is C18H14ClFN2O2S. The first-order valence-electron chi connectivity index (χ1n) is 7.46. The summed E-state index contributed by atoms with van der Waals surface area (Å²) in [6, 6.07) is 13.5. The molecule has 0 saturated carbocycles. The molecule has 0 bridgehead atoms. The van der Waals surface area contributed by atoms with Gasteiger partial charge in [-0.25, -0.2) is 9.37 Å². The van der Waals surface area contributed by atoms with Crippen molar-refractivity contribution in [3.05, 3.63) is 75.5 Å². The lowest BCUT2D eigenvalue weighted by Crippen LogP contribution is -2.14. The largest absolute Gasteiger partial charge is 0.486 e. The number of ether oxygens (including phenoxy) is 1. The molecule has 0 fully saturated rings. The van der Waals surface area contributed by atoms with Gasteiger partial charge in [-0.1, -0.05) is 29.8 Å². The predicted molar refractivity (Wildman–Crippen MR) is 96.6 cm³/mol. The molecule has 0 aliphatic heterocycles. The number of benzene rings is 2. The molecule has 0 radical (unpaired) electrons. The van der Waals surface area contributed by atoms with Gasteiger partial charge in [-0.15, -0.1) is 11.3 Å². The summed E-state index contributed by atoms with van der Waals surface area (Å²) in [7, 11) is 0. The summed E-state index contributed by atoms with van der Waals surface area (Å²) in [4.78, 5) is 16.4. The number of halogens is 2. The number of para-hydroxylation sites is 1. The first-order valence-corrected chi connectivity index (χ1v) is 8.72. The van der Waals surface area contributed by atoms with Crippen LogP contribution in [0.15, 0.2) is 53.9 Å². The van der Waals surface area contributed by atoms with E-state index >= 15 is 0 Å². The Kier molecular flexibility index (Phi) is 5.63. The minimum Gasteiger partial charge on any atom is -0.486 e. The Balaban J connectivity index is 1.53. The lowest BCUT2D eigenvalue weighted by molar-refractivity contribution is -0.115. The van der Waals surface area contributed by atoms with Crippen LogP contribution in [0.25, 0.3) is 0 Å².